The first-order valence-corrected chi connectivity index (χ1v) is 9.09. The first-order valence-electron chi connectivity index (χ1n) is 5.79. The van der Waals surface area contributed by atoms with Crippen LogP contribution in [0.2, 0.25) is 8.94 Å². The molecule has 15 heavy (non-hydrogen) atoms. The summed E-state index contributed by atoms with van der Waals surface area (Å²) < 4.78 is 7.74. The van der Waals surface area contributed by atoms with E-state index < -0.39 is 0 Å². The summed E-state index contributed by atoms with van der Waals surface area (Å²) in [5.74, 6) is -0.0343. The molecular weight excluding hydrogens is 304 g/mol. The van der Waals surface area contributed by atoms with Crippen molar-refractivity contribution in [3.8, 4) is 0 Å². The third-order valence-corrected chi connectivity index (χ3v) is 5.40. The second kappa shape index (κ2) is 8.42. The molecule has 0 aliphatic heterocycles. The molecule has 0 bridgehead atoms. The molecule has 0 aliphatic rings. The monoisotopic (exact) mass is 330 g/mol. The van der Waals surface area contributed by atoms with E-state index >= 15 is 0 Å². The number of esters is 1. The molecule has 0 saturated carbocycles. The van der Waals surface area contributed by atoms with Gasteiger partial charge in [0.15, 0.2) is 0 Å². The van der Waals surface area contributed by atoms with E-state index in [4.69, 9.17) is 4.74 Å². The zero-order valence-electron chi connectivity index (χ0n) is 10.5. The van der Waals surface area contributed by atoms with Crippen molar-refractivity contribution in [1.82, 2.24) is 0 Å². The third-order valence-electron chi connectivity index (χ3n) is 2.34. The second-order valence-corrected chi connectivity index (χ2v) is 7.82. The zero-order chi connectivity index (χ0) is 11.7. The van der Waals surface area contributed by atoms with Gasteiger partial charge in [-0.2, -0.15) is 0 Å². The number of hydrogen-bond acceptors (Lipinski definition) is 2. The van der Waals surface area contributed by atoms with Crippen molar-refractivity contribution >= 4 is 26.9 Å². The van der Waals surface area contributed by atoms with Gasteiger partial charge in [0.1, 0.15) is 0 Å². The van der Waals surface area contributed by atoms with Crippen LogP contribution in [0.4, 0.5) is 0 Å². The van der Waals surface area contributed by atoms with Gasteiger partial charge in [-0.25, -0.2) is 0 Å². The van der Waals surface area contributed by atoms with Gasteiger partial charge in [-0.15, -0.1) is 0 Å². The second-order valence-electron chi connectivity index (χ2n) is 4.32. The Morgan fingerprint density at radius 3 is 2.47 bits per heavy atom. The fraction of sp³-hybridized carbons (Fsp3) is 0.917. The molecule has 0 amide bonds. The average Bonchev–Trinajstić information content (AvgIpc) is 2.18. The molecule has 2 nitrogen and oxygen atoms in total. The molecule has 90 valence electrons. The fourth-order valence-corrected chi connectivity index (χ4v) is 4.96. The molecule has 0 heterocycles. The number of carbonyl (C=O) groups excluding carboxylic acids is 1. The van der Waals surface area contributed by atoms with E-state index in [0.717, 1.165) is 6.42 Å². The van der Waals surface area contributed by atoms with Crippen LogP contribution in [-0.2, 0) is 9.53 Å². The molecular formula is C12H24O2Te. The van der Waals surface area contributed by atoms with Crippen molar-refractivity contribution in [3.63, 3.8) is 0 Å². The summed E-state index contributed by atoms with van der Waals surface area (Å²) in [6.07, 6.45) is 3.66. The van der Waals surface area contributed by atoms with E-state index in [9.17, 15) is 4.79 Å². The Balaban J connectivity index is 3.68. The van der Waals surface area contributed by atoms with Crippen LogP contribution in [0.3, 0.4) is 0 Å². The molecule has 0 rings (SSSR count). The average molecular weight is 328 g/mol. The van der Waals surface area contributed by atoms with Crippen LogP contribution >= 0.6 is 0 Å². The summed E-state index contributed by atoms with van der Waals surface area (Å²) in [6.45, 7) is 8.59. The van der Waals surface area contributed by atoms with E-state index in [-0.39, 0.29) is 32.3 Å². The molecule has 0 aromatic rings. The standard InChI is InChI=1S/C12H24O2Te/c1-5-7-9-15-10-8-12(3,4)11(13)14-6-2/h5-10H2,1-4H3. The first-order chi connectivity index (χ1) is 7.04. The molecule has 0 aromatic carbocycles. The Morgan fingerprint density at radius 2 is 1.93 bits per heavy atom. The van der Waals surface area contributed by atoms with Crippen LogP contribution in [0.25, 0.3) is 0 Å². The van der Waals surface area contributed by atoms with Gasteiger partial charge >= 0.3 is 104 Å². The van der Waals surface area contributed by atoms with Crippen LogP contribution in [0, 0.1) is 5.41 Å². The van der Waals surface area contributed by atoms with Gasteiger partial charge in [-0.3, -0.25) is 0 Å². The normalized spacial score (nSPS) is 11.5. The molecule has 0 atom stereocenters. The van der Waals surface area contributed by atoms with E-state index in [0.29, 0.717) is 6.61 Å². The number of carbonyl (C=O) groups is 1. The predicted octanol–water partition coefficient (Wildman–Crippen LogP) is 3.31. The Kier molecular flexibility index (Phi) is 8.56. The minimum absolute atomic E-state index is 0.0343. The Hall–Kier alpha value is 0.260. The molecule has 0 N–H and O–H groups in total. The van der Waals surface area contributed by atoms with Gasteiger partial charge in [0.25, 0.3) is 0 Å². The van der Waals surface area contributed by atoms with Crippen molar-refractivity contribution in [2.24, 2.45) is 5.41 Å². The van der Waals surface area contributed by atoms with Gasteiger partial charge in [0.05, 0.1) is 0 Å². The Bertz CT molecular complexity index is 178. The SMILES string of the molecule is CCCC[Te]CCC(C)(C)C(=O)OCC. The van der Waals surface area contributed by atoms with Gasteiger partial charge in [0.2, 0.25) is 0 Å². The van der Waals surface area contributed by atoms with Crippen molar-refractivity contribution in [2.75, 3.05) is 6.61 Å². The number of ether oxygens (including phenoxy) is 1. The maximum absolute atomic E-state index is 11.6. The van der Waals surface area contributed by atoms with Crippen molar-refractivity contribution in [1.29, 1.82) is 0 Å². The Morgan fingerprint density at radius 1 is 1.27 bits per heavy atom. The van der Waals surface area contributed by atoms with Crippen molar-refractivity contribution < 1.29 is 9.53 Å². The quantitative estimate of drug-likeness (QED) is 0.388. The van der Waals surface area contributed by atoms with Crippen molar-refractivity contribution in [3.05, 3.63) is 0 Å². The van der Waals surface area contributed by atoms with E-state index in [2.05, 4.69) is 6.92 Å². The summed E-state index contributed by atoms with van der Waals surface area (Å²) in [5.41, 5.74) is -0.271. The molecule has 0 radical (unpaired) electrons. The minimum atomic E-state index is -0.271. The molecule has 3 heteroatoms. The number of rotatable bonds is 8. The number of hydrogen-bond donors (Lipinski definition) is 0. The van der Waals surface area contributed by atoms with Crippen LogP contribution in [0.1, 0.15) is 47.0 Å². The van der Waals surface area contributed by atoms with Crippen LogP contribution in [0.15, 0.2) is 0 Å². The van der Waals surface area contributed by atoms with Gasteiger partial charge < -0.3 is 0 Å². The maximum atomic E-state index is 11.6. The molecule has 0 aliphatic carbocycles. The van der Waals surface area contributed by atoms with Crippen LogP contribution < -0.4 is 0 Å². The summed E-state index contributed by atoms with van der Waals surface area (Å²) in [6, 6.07) is 0. The molecule has 0 unspecified atom stereocenters. The van der Waals surface area contributed by atoms with E-state index in [1.165, 1.54) is 21.8 Å². The summed E-state index contributed by atoms with van der Waals surface area (Å²) in [7, 11) is 0. The molecule has 0 saturated heterocycles. The fourth-order valence-electron chi connectivity index (χ4n) is 1.10. The van der Waals surface area contributed by atoms with Crippen molar-refractivity contribution in [2.45, 2.75) is 55.9 Å². The van der Waals surface area contributed by atoms with Gasteiger partial charge in [0, 0.05) is 0 Å². The zero-order valence-corrected chi connectivity index (χ0v) is 12.8. The molecule has 0 aromatic heterocycles. The molecule has 0 fully saturated rings. The topological polar surface area (TPSA) is 26.3 Å². The first kappa shape index (κ1) is 15.3. The van der Waals surface area contributed by atoms with Gasteiger partial charge in [-0.05, 0) is 0 Å². The molecule has 0 spiro atoms. The summed E-state index contributed by atoms with van der Waals surface area (Å²) >= 11 is 0.141. The Labute approximate surface area is 104 Å². The van der Waals surface area contributed by atoms with Gasteiger partial charge in [-0.1, -0.05) is 0 Å². The van der Waals surface area contributed by atoms with E-state index in [1.54, 1.807) is 0 Å². The predicted molar refractivity (Wildman–Crippen MR) is 65.3 cm³/mol. The summed E-state index contributed by atoms with van der Waals surface area (Å²) in [5, 5.41) is 0. The van der Waals surface area contributed by atoms with Crippen LogP contribution in [-0.4, -0.2) is 33.5 Å². The number of unbranched alkanes of at least 4 members (excludes halogenated alkanes) is 1. The summed E-state index contributed by atoms with van der Waals surface area (Å²) in [4.78, 5) is 11.6. The van der Waals surface area contributed by atoms with E-state index in [1.807, 2.05) is 20.8 Å². The van der Waals surface area contributed by atoms with Crippen LogP contribution in [0.5, 0.6) is 0 Å². The third kappa shape index (κ3) is 7.19.